The molecule has 32 heavy (non-hydrogen) atoms. The first kappa shape index (κ1) is 21.5. The Morgan fingerprint density at radius 3 is 2.81 bits per heavy atom. The van der Waals surface area contributed by atoms with Crippen molar-refractivity contribution in [3.8, 4) is 16.3 Å². The van der Waals surface area contributed by atoms with Crippen LogP contribution in [0.2, 0.25) is 0 Å². The molecule has 0 saturated heterocycles. The number of aromatic nitrogens is 3. The van der Waals surface area contributed by atoms with Gasteiger partial charge in [-0.1, -0.05) is 48.3 Å². The first-order chi connectivity index (χ1) is 15.4. The number of amides is 1. The number of carbonyl (C=O) groups is 2. The Morgan fingerprint density at radius 2 is 2.12 bits per heavy atom. The lowest BCUT2D eigenvalue weighted by Crippen LogP contribution is -2.07. The molecule has 2 aromatic heterocycles. The summed E-state index contributed by atoms with van der Waals surface area (Å²) in [5, 5.41) is 17.7. The zero-order valence-electron chi connectivity index (χ0n) is 17.8. The van der Waals surface area contributed by atoms with Crippen molar-refractivity contribution in [1.82, 2.24) is 14.8 Å². The molecule has 3 aromatic rings. The summed E-state index contributed by atoms with van der Waals surface area (Å²) in [7, 11) is 0. The smallest absolute Gasteiger partial charge is 0.335 e. The third-order valence-corrected chi connectivity index (χ3v) is 6.11. The molecule has 4 rings (SSSR count). The van der Waals surface area contributed by atoms with Crippen LogP contribution in [0.1, 0.15) is 41.2 Å². The molecular formula is C24H22N4O3S. The van der Waals surface area contributed by atoms with Crippen LogP contribution >= 0.6 is 11.3 Å². The lowest BCUT2D eigenvalue weighted by Gasteiger charge is -2.14. The number of anilines is 1. The van der Waals surface area contributed by atoms with Gasteiger partial charge in [-0.2, -0.15) is 5.10 Å². The second kappa shape index (κ2) is 8.76. The van der Waals surface area contributed by atoms with Crippen LogP contribution in [-0.2, 0) is 17.6 Å². The third kappa shape index (κ3) is 3.92. The van der Waals surface area contributed by atoms with E-state index in [1.807, 2.05) is 31.2 Å². The Bertz CT molecular complexity index is 1300. The van der Waals surface area contributed by atoms with E-state index in [1.54, 1.807) is 29.0 Å². The quantitative estimate of drug-likeness (QED) is 0.525. The summed E-state index contributed by atoms with van der Waals surface area (Å²) in [6.07, 6.45) is 9.04. The second-order valence-electron chi connectivity index (χ2n) is 7.27. The zero-order valence-corrected chi connectivity index (χ0v) is 18.6. The number of aryl methyl sites for hydroxylation is 1. The molecule has 1 amide bonds. The van der Waals surface area contributed by atoms with Crippen molar-refractivity contribution >= 4 is 33.9 Å². The number of carbonyl (C=O) groups excluding carboxylic acids is 1. The number of rotatable bonds is 6. The largest absolute Gasteiger partial charge is 0.478 e. The lowest BCUT2D eigenvalue weighted by molar-refractivity contribution is -0.114. The van der Waals surface area contributed by atoms with E-state index in [1.165, 1.54) is 18.3 Å². The number of nitrogens with one attached hydrogen (secondary N) is 1. The molecule has 7 nitrogen and oxygen atoms in total. The molecule has 1 aliphatic carbocycles. The Balaban J connectivity index is 1.97. The predicted octanol–water partition coefficient (Wildman–Crippen LogP) is 4.90. The summed E-state index contributed by atoms with van der Waals surface area (Å²) in [6.45, 7) is 7.35. The number of hydrogen-bond acceptors (Lipinski definition) is 5. The molecule has 162 valence electrons. The van der Waals surface area contributed by atoms with E-state index >= 15 is 0 Å². The number of allylic oxidation sites excluding steroid dienone is 5. The van der Waals surface area contributed by atoms with Gasteiger partial charge >= 0.3 is 5.97 Å². The van der Waals surface area contributed by atoms with Gasteiger partial charge in [-0.25, -0.2) is 14.5 Å². The predicted molar refractivity (Wildman–Crippen MR) is 126 cm³/mol. The summed E-state index contributed by atoms with van der Waals surface area (Å²) in [5.41, 5.74) is 5.31. The van der Waals surface area contributed by atoms with Gasteiger partial charge in [-0.15, -0.1) is 0 Å². The van der Waals surface area contributed by atoms with Crippen LogP contribution < -0.4 is 5.32 Å². The summed E-state index contributed by atoms with van der Waals surface area (Å²) in [4.78, 5) is 28.6. The molecule has 0 spiro atoms. The van der Waals surface area contributed by atoms with Gasteiger partial charge < -0.3 is 10.4 Å². The molecule has 0 atom stereocenters. The second-order valence-corrected chi connectivity index (χ2v) is 8.27. The monoisotopic (exact) mass is 446 g/mol. The van der Waals surface area contributed by atoms with Crippen molar-refractivity contribution in [1.29, 1.82) is 0 Å². The van der Waals surface area contributed by atoms with Crippen molar-refractivity contribution in [2.75, 3.05) is 5.32 Å². The van der Waals surface area contributed by atoms with Gasteiger partial charge in [0.2, 0.25) is 5.91 Å². The zero-order chi connectivity index (χ0) is 22.8. The number of thiazole rings is 1. The van der Waals surface area contributed by atoms with Crippen LogP contribution in [0.15, 0.2) is 55.1 Å². The molecule has 8 heteroatoms. The van der Waals surface area contributed by atoms with Gasteiger partial charge in [0.1, 0.15) is 0 Å². The van der Waals surface area contributed by atoms with Gasteiger partial charge in [0, 0.05) is 18.1 Å². The number of aromatic carboxylic acids is 1. The van der Waals surface area contributed by atoms with Crippen LogP contribution in [0.25, 0.3) is 21.8 Å². The summed E-state index contributed by atoms with van der Waals surface area (Å²) in [6, 6.07) is 6.69. The minimum absolute atomic E-state index is 0.178. The van der Waals surface area contributed by atoms with Gasteiger partial charge in [0.05, 0.1) is 33.2 Å². The molecule has 1 aliphatic rings. The standard InChI is InChI=1S/C24H22N4O3S/c1-4-6-8-15(5-2)20-18-11-12-19-22(32-24(26-19)25-14(3)29)21(18)28(27-20)17-10-7-9-16(13-17)23(30)31/h4-10,13H,2,11-12H2,1,3H3,(H,30,31)(H,25,26,29)/b6-4-,15-8+. The molecular weight excluding hydrogens is 424 g/mol. The van der Waals surface area contributed by atoms with Crippen LogP contribution in [0.3, 0.4) is 0 Å². The Labute approximate surface area is 189 Å². The van der Waals surface area contributed by atoms with Crippen LogP contribution in [0.5, 0.6) is 0 Å². The van der Waals surface area contributed by atoms with Gasteiger partial charge in [-0.3, -0.25) is 4.79 Å². The Hall–Kier alpha value is -3.78. The minimum Gasteiger partial charge on any atom is -0.478 e. The maximum atomic E-state index is 11.6. The SMILES string of the molecule is C=C/C(=C\C=C/C)c1nn(-c2cccc(C(=O)O)c2)c2c1CCc1nc(NC(C)=O)sc1-2. The van der Waals surface area contributed by atoms with E-state index in [9.17, 15) is 14.7 Å². The van der Waals surface area contributed by atoms with Crippen molar-refractivity contribution < 1.29 is 14.7 Å². The van der Waals surface area contributed by atoms with Gasteiger partial charge in [-0.05, 0) is 38.0 Å². The lowest BCUT2D eigenvalue weighted by atomic mass is 9.94. The summed E-state index contributed by atoms with van der Waals surface area (Å²) < 4.78 is 1.78. The molecule has 0 saturated carbocycles. The van der Waals surface area contributed by atoms with Crippen LogP contribution in [0, 0.1) is 0 Å². The van der Waals surface area contributed by atoms with E-state index in [0.717, 1.165) is 45.9 Å². The highest BCUT2D eigenvalue weighted by molar-refractivity contribution is 7.19. The fourth-order valence-corrected chi connectivity index (χ4v) is 4.82. The number of carboxylic acid groups (broad SMARTS) is 1. The molecule has 2 heterocycles. The molecule has 0 radical (unpaired) electrons. The summed E-state index contributed by atoms with van der Waals surface area (Å²) in [5.74, 6) is -1.18. The van der Waals surface area contributed by atoms with Crippen LogP contribution in [-0.4, -0.2) is 31.7 Å². The topological polar surface area (TPSA) is 97.1 Å². The fraction of sp³-hybridized carbons (Fsp3) is 0.167. The molecule has 0 bridgehead atoms. The van der Waals surface area contributed by atoms with Gasteiger partial charge in [0.25, 0.3) is 0 Å². The number of benzene rings is 1. The Morgan fingerprint density at radius 1 is 1.31 bits per heavy atom. The first-order valence-corrected chi connectivity index (χ1v) is 10.9. The Kier molecular flexibility index (Phi) is 5.87. The van der Waals surface area contributed by atoms with Crippen molar-refractivity contribution in [2.24, 2.45) is 0 Å². The normalized spacial score (nSPS) is 13.0. The molecule has 0 aliphatic heterocycles. The molecule has 1 aromatic carbocycles. The highest BCUT2D eigenvalue weighted by Gasteiger charge is 2.30. The summed E-state index contributed by atoms with van der Waals surface area (Å²) >= 11 is 1.40. The highest BCUT2D eigenvalue weighted by atomic mass is 32.1. The molecule has 0 fully saturated rings. The van der Waals surface area contributed by atoms with E-state index in [0.29, 0.717) is 10.8 Å². The van der Waals surface area contributed by atoms with Crippen molar-refractivity contribution in [3.63, 3.8) is 0 Å². The number of carboxylic acids is 1. The fourth-order valence-electron chi connectivity index (χ4n) is 3.71. The van der Waals surface area contributed by atoms with E-state index in [-0.39, 0.29) is 11.5 Å². The highest BCUT2D eigenvalue weighted by Crippen LogP contribution is 2.43. The molecule has 0 unspecified atom stereocenters. The number of nitrogens with zero attached hydrogens (tertiary/aromatic N) is 3. The molecule has 2 N–H and O–H groups in total. The number of hydrogen-bond donors (Lipinski definition) is 2. The maximum Gasteiger partial charge on any atom is 0.335 e. The minimum atomic E-state index is -1.00. The van der Waals surface area contributed by atoms with E-state index in [2.05, 4.69) is 16.9 Å². The van der Waals surface area contributed by atoms with Gasteiger partial charge in [0.15, 0.2) is 5.13 Å². The maximum absolute atomic E-state index is 11.6. The first-order valence-electron chi connectivity index (χ1n) is 10.1. The average molecular weight is 447 g/mol. The average Bonchev–Trinajstić information content (AvgIpc) is 3.35. The third-order valence-electron chi connectivity index (χ3n) is 5.09. The van der Waals surface area contributed by atoms with Crippen LogP contribution in [0.4, 0.5) is 5.13 Å². The van der Waals surface area contributed by atoms with Crippen molar-refractivity contribution in [3.05, 3.63) is 77.7 Å². The van der Waals surface area contributed by atoms with E-state index in [4.69, 9.17) is 5.10 Å². The van der Waals surface area contributed by atoms with E-state index < -0.39 is 5.97 Å². The number of fused-ring (bicyclic) bond motifs is 3. The van der Waals surface area contributed by atoms with Crippen molar-refractivity contribution in [2.45, 2.75) is 26.7 Å².